The number of rotatable bonds is 5. The van der Waals surface area contributed by atoms with Crippen LogP contribution in [0.25, 0.3) is 0 Å². The molecular weight excluding hydrogens is 252 g/mol. The molecule has 0 amide bonds. The Labute approximate surface area is 119 Å². The van der Waals surface area contributed by atoms with Crippen molar-refractivity contribution in [1.82, 2.24) is 0 Å². The van der Waals surface area contributed by atoms with Gasteiger partial charge in [0.2, 0.25) is 0 Å². The van der Waals surface area contributed by atoms with Crippen molar-refractivity contribution in [2.45, 2.75) is 13.8 Å². The van der Waals surface area contributed by atoms with E-state index < -0.39 is 0 Å². The lowest BCUT2D eigenvalue weighted by molar-refractivity contribution is 0.217. The standard InChI is InChI=1S/C16H20N2O2/c1-11-5-3-8-15(16(11)18)20-10-9-19-14-7-4-6-13(17)12(14)2/h3-8H,9-10,17-18H2,1-2H3. The normalized spacial score (nSPS) is 10.3. The van der Waals surface area contributed by atoms with Crippen molar-refractivity contribution in [1.29, 1.82) is 0 Å². The van der Waals surface area contributed by atoms with Crippen molar-refractivity contribution in [3.63, 3.8) is 0 Å². The number of nitrogens with two attached hydrogens (primary N) is 2. The van der Waals surface area contributed by atoms with E-state index in [-0.39, 0.29) is 0 Å². The molecule has 0 unspecified atom stereocenters. The molecular formula is C16H20N2O2. The van der Waals surface area contributed by atoms with Crippen molar-refractivity contribution in [2.24, 2.45) is 0 Å². The molecule has 20 heavy (non-hydrogen) atoms. The van der Waals surface area contributed by atoms with Gasteiger partial charge < -0.3 is 20.9 Å². The molecule has 0 aliphatic carbocycles. The Bertz CT molecular complexity index is 544. The monoisotopic (exact) mass is 272 g/mol. The van der Waals surface area contributed by atoms with Gasteiger partial charge in [0, 0.05) is 11.3 Å². The van der Waals surface area contributed by atoms with Crippen molar-refractivity contribution in [3.8, 4) is 11.5 Å². The lowest BCUT2D eigenvalue weighted by Gasteiger charge is -2.13. The van der Waals surface area contributed by atoms with Gasteiger partial charge in [0.15, 0.2) is 0 Å². The van der Waals surface area contributed by atoms with Crippen LogP contribution in [0.5, 0.6) is 11.5 Å². The van der Waals surface area contributed by atoms with Gasteiger partial charge in [-0.15, -0.1) is 0 Å². The smallest absolute Gasteiger partial charge is 0.142 e. The molecule has 0 saturated carbocycles. The highest BCUT2D eigenvalue weighted by Crippen LogP contribution is 2.25. The fourth-order valence-electron chi connectivity index (χ4n) is 1.87. The van der Waals surface area contributed by atoms with Gasteiger partial charge in [-0.2, -0.15) is 0 Å². The maximum absolute atomic E-state index is 5.94. The third-order valence-electron chi connectivity index (χ3n) is 3.21. The van der Waals surface area contributed by atoms with Crippen LogP contribution in [-0.2, 0) is 0 Å². The zero-order valence-electron chi connectivity index (χ0n) is 11.8. The number of benzene rings is 2. The summed E-state index contributed by atoms with van der Waals surface area (Å²) in [5, 5.41) is 0. The van der Waals surface area contributed by atoms with E-state index in [4.69, 9.17) is 20.9 Å². The minimum atomic E-state index is 0.432. The van der Waals surface area contributed by atoms with Gasteiger partial charge >= 0.3 is 0 Å². The van der Waals surface area contributed by atoms with Gasteiger partial charge in [-0.05, 0) is 37.6 Å². The third kappa shape index (κ3) is 3.15. The molecule has 0 fully saturated rings. The predicted octanol–water partition coefficient (Wildman–Crippen LogP) is 2.93. The van der Waals surface area contributed by atoms with E-state index in [0.717, 1.165) is 22.6 Å². The molecule has 0 aromatic heterocycles. The number of aryl methyl sites for hydroxylation is 1. The molecule has 4 N–H and O–H groups in total. The Morgan fingerprint density at radius 2 is 1.45 bits per heavy atom. The first kappa shape index (κ1) is 14.1. The second-order valence-electron chi connectivity index (χ2n) is 4.65. The molecule has 106 valence electrons. The fourth-order valence-corrected chi connectivity index (χ4v) is 1.87. The van der Waals surface area contributed by atoms with Crippen LogP contribution < -0.4 is 20.9 Å². The molecule has 0 radical (unpaired) electrons. The molecule has 0 aliphatic rings. The summed E-state index contributed by atoms with van der Waals surface area (Å²) < 4.78 is 11.3. The SMILES string of the molecule is Cc1cccc(OCCOc2cccc(N)c2C)c1N. The van der Waals surface area contributed by atoms with Crippen LogP contribution in [0, 0.1) is 13.8 Å². The molecule has 0 aliphatic heterocycles. The number of nitrogen functional groups attached to an aromatic ring is 2. The van der Waals surface area contributed by atoms with E-state index in [9.17, 15) is 0 Å². The number of para-hydroxylation sites is 1. The molecule has 0 atom stereocenters. The summed E-state index contributed by atoms with van der Waals surface area (Å²) in [6.07, 6.45) is 0. The van der Waals surface area contributed by atoms with Crippen LogP contribution in [0.3, 0.4) is 0 Å². The second kappa shape index (κ2) is 6.19. The molecule has 0 saturated heterocycles. The Balaban J connectivity index is 1.88. The largest absolute Gasteiger partial charge is 0.490 e. The molecule has 0 bridgehead atoms. The van der Waals surface area contributed by atoms with Crippen LogP contribution >= 0.6 is 0 Å². The van der Waals surface area contributed by atoms with Gasteiger partial charge in [0.25, 0.3) is 0 Å². The van der Waals surface area contributed by atoms with E-state index in [0.29, 0.717) is 24.7 Å². The molecule has 4 nitrogen and oxygen atoms in total. The summed E-state index contributed by atoms with van der Waals surface area (Å²) >= 11 is 0. The third-order valence-corrected chi connectivity index (χ3v) is 3.21. The number of ether oxygens (including phenoxy) is 2. The molecule has 2 rings (SSSR count). The van der Waals surface area contributed by atoms with Crippen LogP contribution in [0.2, 0.25) is 0 Å². The van der Waals surface area contributed by atoms with Crippen LogP contribution in [0.4, 0.5) is 11.4 Å². The highest BCUT2D eigenvalue weighted by Gasteiger charge is 2.04. The van der Waals surface area contributed by atoms with Gasteiger partial charge in [0.1, 0.15) is 24.7 Å². The highest BCUT2D eigenvalue weighted by molar-refractivity contribution is 5.57. The van der Waals surface area contributed by atoms with E-state index in [1.54, 1.807) is 0 Å². The predicted molar refractivity (Wildman–Crippen MR) is 82.2 cm³/mol. The summed E-state index contributed by atoms with van der Waals surface area (Å²) in [6.45, 7) is 4.76. The van der Waals surface area contributed by atoms with Gasteiger partial charge in [0.05, 0.1) is 5.69 Å². The van der Waals surface area contributed by atoms with E-state index >= 15 is 0 Å². The highest BCUT2D eigenvalue weighted by atomic mass is 16.5. The van der Waals surface area contributed by atoms with E-state index in [2.05, 4.69) is 0 Å². The molecule has 0 spiro atoms. The topological polar surface area (TPSA) is 70.5 Å². The minimum absolute atomic E-state index is 0.432. The zero-order valence-corrected chi connectivity index (χ0v) is 11.8. The first-order valence-corrected chi connectivity index (χ1v) is 6.55. The van der Waals surface area contributed by atoms with Gasteiger partial charge in [-0.25, -0.2) is 0 Å². The maximum Gasteiger partial charge on any atom is 0.142 e. The minimum Gasteiger partial charge on any atom is -0.490 e. The Morgan fingerprint density at radius 3 is 2.20 bits per heavy atom. The summed E-state index contributed by atoms with van der Waals surface area (Å²) in [5.74, 6) is 1.48. The maximum atomic E-state index is 5.94. The van der Waals surface area contributed by atoms with Crippen LogP contribution in [0.15, 0.2) is 36.4 Å². The average Bonchev–Trinajstić information content (AvgIpc) is 2.43. The Morgan fingerprint density at radius 1 is 0.850 bits per heavy atom. The number of anilines is 2. The van der Waals surface area contributed by atoms with Crippen molar-refractivity contribution in [3.05, 3.63) is 47.5 Å². The Kier molecular flexibility index (Phi) is 4.35. The summed E-state index contributed by atoms with van der Waals surface area (Å²) in [5.41, 5.74) is 15.1. The molecule has 0 heterocycles. The Hall–Kier alpha value is -2.36. The van der Waals surface area contributed by atoms with Crippen LogP contribution in [-0.4, -0.2) is 13.2 Å². The quantitative estimate of drug-likeness (QED) is 0.648. The lowest BCUT2D eigenvalue weighted by atomic mass is 10.2. The van der Waals surface area contributed by atoms with Gasteiger partial charge in [-0.3, -0.25) is 0 Å². The van der Waals surface area contributed by atoms with Gasteiger partial charge in [-0.1, -0.05) is 18.2 Å². The first-order valence-electron chi connectivity index (χ1n) is 6.55. The van der Waals surface area contributed by atoms with E-state index in [1.807, 2.05) is 50.2 Å². The summed E-state index contributed by atoms with van der Waals surface area (Å²) in [6, 6.07) is 11.3. The number of hydrogen-bond donors (Lipinski definition) is 2. The van der Waals surface area contributed by atoms with Crippen molar-refractivity contribution in [2.75, 3.05) is 24.7 Å². The van der Waals surface area contributed by atoms with Crippen molar-refractivity contribution < 1.29 is 9.47 Å². The summed E-state index contributed by atoms with van der Waals surface area (Å²) in [4.78, 5) is 0. The van der Waals surface area contributed by atoms with E-state index in [1.165, 1.54) is 0 Å². The average molecular weight is 272 g/mol. The zero-order chi connectivity index (χ0) is 14.5. The molecule has 2 aromatic carbocycles. The van der Waals surface area contributed by atoms with Crippen molar-refractivity contribution >= 4 is 11.4 Å². The number of hydrogen-bond acceptors (Lipinski definition) is 4. The summed E-state index contributed by atoms with van der Waals surface area (Å²) in [7, 11) is 0. The molecule has 4 heteroatoms. The first-order chi connectivity index (χ1) is 9.59. The molecule has 2 aromatic rings. The second-order valence-corrected chi connectivity index (χ2v) is 4.65. The van der Waals surface area contributed by atoms with Crippen LogP contribution in [0.1, 0.15) is 11.1 Å². The lowest BCUT2D eigenvalue weighted by Crippen LogP contribution is -2.11. The fraction of sp³-hybridized carbons (Fsp3) is 0.250.